The first kappa shape index (κ1) is 14.0. The molecule has 1 aromatic carbocycles. The molecule has 0 aliphatic carbocycles. The van der Waals surface area contributed by atoms with Crippen LogP contribution in [0.2, 0.25) is 0 Å². The fraction of sp³-hybridized carbons (Fsp3) is 0.538. The van der Waals surface area contributed by atoms with Crippen LogP contribution in [-0.2, 0) is 12.6 Å². The summed E-state index contributed by atoms with van der Waals surface area (Å²) in [5.74, 6) is 0. The normalized spacial score (nSPS) is 11.8. The van der Waals surface area contributed by atoms with E-state index in [1.54, 1.807) is 13.0 Å². The van der Waals surface area contributed by atoms with Crippen molar-refractivity contribution in [3.8, 4) is 0 Å². The van der Waals surface area contributed by atoms with E-state index >= 15 is 0 Å². The van der Waals surface area contributed by atoms with E-state index in [1.807, 2.05) is 0 Å². The van der Waals surface area contributed by atoms with E-state index < -0.39 is 11.7 Å². The van der Waals surface area contributed by atoms with Gasteiger partial charge in [0.2, 0.25) is 0 Å². The Morgan fingerprint density at radius 3 is 2.41 bits per heavy atom. The maximum absolute atomic E-state index is 12.4. The fourth-order valence-corrected chi connectivity index (χ4v) is 1.68. The van der Waals surface area contributed by atoms with E-state index in [2.05, 4.69) is 12.2 Å². The first-order chi connectivity index (χ1) is 7.95. The minimum Gasteiger partial charge on any atom is -0.316 e. The Bertz CT molecular complexity index is 358. The summed E-state index contributed by atoms with van der Waals surface area (Å²) in [6.07, 6.45) is -2.42. The second kappa shape index (κ2) is 6.05. The Hall–Kier alpha value is -1.03. The van der Waals surface area contributed by atoms with Gasteiger partial charge in [0.15, 0.2) is 0 Å². The number of halogens is 3. The SMILES string of the molecule is CCCNCCc1ccc(C(F)(F)F)cc1C. The number of alkyl halides is 3. The highest BCUT2D eigenvalue weighted by Gasteiger charge is 2.30. The van der Waals surface area contributed by atoms with Crippen LogP contribution in [0.1, 0.15) is 30.0 Å². The summed E-state index contributed by atoms with van der Waals surface area (Å²) in [4.78, 5) is 0. The van der Waals surface area contributed by atoms with Crippen LogP contribution in [0.4, 0.5) is 13.2 Å². The minimum absolute atomic E-state index is 0.569. The third-order valence-corrected chi connectivity index (χ3v) is 2.67. The molecule has 0 saturated carbocycles. The van der Waals surface area contributed by atoms with Crippen molar-refractivity contribution in [3.63, 3.8) is 0 Å². The molecule has 1 aromatic rings. The lowest BCUT2D eigenvalue weighted by atomic mass is 10.0. The van der Waals surface area contributed by atoms with E-state index in [1.165, 1.54) is 6.07 Å². The summed E-state index contributed by atoms with van der Waals surface area (Å²) in [5, 5.41) is 3.23. The molecule has 0 heterocycles. The van der Waals surface area contributed by atoms with Crippen molar-refractivity contribution < 1.29 is 13.2 Å². The highest BCUT2D eigenvalue weighted by Crippen LogP contribution is 2.30. The lowest BCUT2D eigenvalue weighted by Crippen LogP contribution is -2.18. The monoisotopic (exact) mass is 245 g/mol. The maximum Gasteiger partial charge on any atom is 0.416 e. The van der Waals surface area contributed by atoms with Gasteiger partial charge in [0.25, 0.3) is 0 Å². The van der Waals surface area contributed by atoms with Crippen molar-refractivity contribution >= 4 is 0 Å². The average molecular weight is 245 g/mol. The van der Waals surface area contributed by atoms with Crippen LogP contribution in [0, 0.1) is 6.92 Å². The molecular formula is C13H18F3N. The summed E-state index contributed by atoms with van der Waals surface area (Å²) in [7, 11) is 0. The molecule has 4 heteroatoms. The summed E-state index contributed by atoms with van der Waals surface area (Å²) in [6.45, 7) is 5.56. The number of aryl methyl sites for hydroxylation is 1. The molecule has 0 aliphatic heterocycles. The average Bonchev–Trinajstić information content (AvgIpc) is 2.24. The molecule has 0 radical (unpaired) electrons. The zero-order chi connectivity index (χ0) is 12.9. The summed E-state index contributed by atoms with van der Waals surface area (Å²) >= 11 is 0. The molecule has 1 rings (SSSR count). The Balaban J connectivity index is 2.64. The molecule has 0 bridgehead atoms. The molecule has 1 N–H and O–H groups in total. The van der Waals surface area contributed by atoms with Crippen molar-refractivity contribution in [1.29, 1.82) is 0 Å². The number of nitrogens with one attached hydrogen (secondary N) is 1. The predicted octanol–water partition coefficient (Wildman–Crippen LogP) is 3.56. The van der Waals surface area contributed by atoms with Crippen LogP contribution in [0.3, 0.4) is 0 Å². The van der Waals surface area contributed by atoms with Crippen LogP contribution < -0.4 is 5.32 Å². The zero-order valence-corrected chi connectivity index (χ0v) is 10.2. The lowest BCUT2D eigenvalue weighted by molar-refractivity contribution is -0.137. The van der Waals surface area contributed by atoms with Crippen LogP contribution >= 0.6 is 0 Å². The number of benzene rings is 1. The van der Waals surface area contributed by atoms with Crippen LogP contribution in [0.25, 0.3) is 0 Å². The van der Waals surface area contributed by atoms with Gasteiger partial charge in [-0.1, -0.05) is 13.0 Å². The largest absolute Gasteiger partial charge is 0.416 e. The second-order valence-electron chi connectivity index (χ2n) is 4.14. The Kier molecular flexibility index (Phi) is 5.00. The molecule has 0 aromatic heterocycles. The van der Waals surface area contributed by atoms with E-state index in [-0.39, 0.29) is 0 Å². The molecule has 0 spiro atoms. The van der Waals surface area contributed by atoms with E-state index in [9.17, 15) is 13.2 Å². The number of rotatable bonds is 5. The van der Waals surface area contributed by atoms with Crippen LogP contribution in [0.5, 0.6) is 0 Å². The van der Waals surface area contributed by atoms with Gasteiger partial charge >= 0.3 is 6.18 Å². The highest BCUT2D eigenvalue weighted by atomic mass is 19.4. The number of hydrogen-bond donors (Lipinski definition) is 1. The fourth-order valence-electron chi connectivity index (χ4n) is 1.68. The van der Waals surface area contributed by atoms with Gasteiger partial charge in [-0.3, -0.25) is 0 Å². The molecule has 0 atom stereocenters. The third kappa shape index (κ3) is 4.38. The van der Waals surface area contributed by atoms with E-state index in [4.69, 9.17) is 0 Å². The predicted molar refractivity (Wildman–Crippen MR) is 63.0 cm³/mol. The summed E-state index contributed by atoms with van der Waals surface area (Å²) < 4.78 is 37.3. The van der Waals surface area contributed by atoms with Crippen molar-refractivity contribution in [1.82, 2.24) is 5.32 Å². The first-order valence-corrected chi connectivity index (χ1v) is 5.82. The Morgan fingerprint density at radius 2 is 1.88 bits per heavy atom. The Morgan fingerprint density at radius 1 is 1.18 bits per heavy atom. The van der Waals surface area contributed by atoms with Crippen molar-refractivity contribution in [2.45, 2.75) is 32.9 Å². The molecular weight excluding hydrogens is 227 g/mol. The van der Waals surface area contributed by atoms with Crippen LogP contribution in [-0.4, -0.2) is 13.1 Å². The molecule has 0 aliphatic rings. The van der Waals surface area contributed by atoms with E-state index in [0.717, 1.165) is 37.6 Å². The topological polar surface area (TPSA) is 12.0 Å². The molecule has 0 saturated heterocycles. The van der Waals surface area contributed by atoms with Gasteiger partial charge < -0.3 is 5.32 Å². The molecule has 1 nitrogen and oxygen atoms in total. The Labute approximate surface area is 100 Å². The second-order valence-corrected chi connectivity index (χ2v) is 4.14. The van der Waals surface area contributed by atoms with Crippen molar-refractivity contribution in [2.24, 2.45) is 0 Å². The van der Waals surface area contributed by atoms with Gasteiger partial charge in [-0.2, -0.15) is 13.2 Å². The summed E-state index contributed by atoms with van der Waals surface area (Å²) in [6, 6.07) is 3.95. The number of hydrogen-bond acceptors (Lipinski definition) is 1. The standard InChI is InChI=1S/C13H18F3N/c1-3-7-17-8-6-11-4-5-12(9-10(11)2)13(14,15)16/h4-5,9,17H,3,6-8H2,1-2H3. The molecule has 0 unspecified atom stereocenters. The van der Waals surface area contributed by atoms with Gasteiger partial charge in [-0.05, 0) is 56.1 Å². The first-order valence-electron chi connectivity index (χ1n) is 5.82. The molecule has 96 valence electrons. The van der Waals surface area contributed by atoms with Gasteiger partial charge in [0, 0.05) is 0 Å². The highest BCUT2D eigenvalue weighted by molar-refractivity contribution is 5.32. The molecule has 0 fully saturated rings. The molecule has 0 amide bonds. The van der Waals surface area contributed by atoms with Gasteiger partial charge in [0.1, 0.15) is 0 Å². The van der Waals surface area contributed by atoms with E-state index in [0.29, 0.717) is 5.56 Å². The van der Waals surface area contributed by atoms with Gasteiger partial charge in [-0.25, -0.2) is 0 Å². The van der Waals surface area contributed by atoms with Gasteiger partial charge in [-0.15, -0.1) is 0 Å². The van der Waals surface area contributed by atoms with Crippen molar-refractivity contribution in [3.05, 3.63) is 34.9 Å². The lowest BCUT2D eigenvalue weighted by Gasteiger charge is -2.11. The van der Waals surface area contributed by atoms with Crippen LogP contribution in [0.15, 0.2) is 18.2 Å². The smallest absolute Gasteiger partial charge is 0.316 e. The maximum atomic E-state index is 12.4. The third-order valence-electron chi connectivity index (χ3n) is 2.67. The quantitative estimate of drug-likeness (QED) is 0.782. The minimum atomic E-state index is -4.25. The van der Waals surface area contributed by atoms with Crippen molar-refractivity contribution in [2.75, 3.05) is 13.1 Å². The molecule has 17 heavy (non-hydrogen) atoms. The zero-order valence-electron chi connectivity index (χ0n) is 10.2. The van der Waals surface area contributed by atoms with Gasteiger partial charge in [0.05, 0.1) is 5.56 Å². The summed E-state index contributed by atoms with van der Waals surface area (Å²) in [5.41, 5.74) is 1.11.